The van der Waals surface area contributed by atoms with Gasteiger partial charge in [0.2, 0.25) is 0 Å². The lowest BCUT2D eigenvalue weighted by molar-refractivity contribution is 0.103. The molecular formula is C15H17ClN2O2S. The van der Waals surface area contributed by atoms with Gasteiger partial charge in [-0.15, -0.1) is 11.3 Å². The van der Waals surface area contributed by atoms with Gasteiger partial charge in [0.05, 0.1) is 29.0 Å². The molecule has 0 spiro atoms. The Morgan fingerprint density at radius 3 is 2.67 bits per heavy atom. The molecule has 6 heteroatoms. The Morgan fingerprint density at radius 1 is 1.38 bits per heavy atom. The highest BCUT2D eigenvalue weighted by molar-refractivity contribution is 7.13. The van der Waals surface area contributed by atoms with Gasteiger partial charge in [-0.3, -0.25) is 4.79 Å². The number of benzene rings is 1. The molecule has 2 rings (SSSR count). The van der Waals surface area contributed by atoms with Crippen molar-refractivity contribution in [1.82, 2.24) is 4.98 Å². The molecule has 0 radical (unpaired) electrons. The number of hydrogen-bond acceptors (Lipinski definition) is 4. The maximum atomic E-state index is 12.3. The summed E-state index contributed by atoms with van der Waals surface area (Å²) in [5, 5.41) is 4.18. The van der Waals surface area contributed by atoms with Crippen LogP contribution in [-0.2, 0) is 5.41 Å². The molecule has 1 aromatic carbocycles. The van der Waals surface area contributed by atoms with E-state index in [4.69, 9.17) is 16.3 Å². The molecule has 1 amide bonds. The van der Waals surface area contributed by atoms with E-state index in [1.807, 2.05) is 0 Å². The number of halogens is 1. The van der Waals surface area contributed by atoms with Crippen molar-refractivity contribution in [3.05, 3.63) is 39.3 Å². The second kappa shape index (κ2) is 6.03. The summed E-state index contributed by atoms with van der Waals surface area (Å²) in [6.07, 6.45) is 1.59. The largest absolute Gasteiger partial charge is 0.493 e. The monoisotopic (exact) mass is 324 g/mol. The van der Waals surface area contributed by atoms with Crippen LogP contribution in [0.25, 0.3) is 0 Å². The van der Waals surface area contributed by atoms with Gasteiger partial charge in [0, 0.05) is 5.41 Å². The molecular weight excluding hydrogens is 308 g/mol. The number of aromatic nitrogens is 1. The molecule has 4 nitrogen and oxygen atoms in total. The molecule has 1 N–H and O–H groups in total. The minimum absolute atomic E-state index is 0.0725. The molecule has 112 valence electrons. The Kier molecular flexibility index (Phi) is 4.54. The van der Waals surface area contributed by atoms with Crippen LogP contribution in [0.15, 0.2) is 24.4 Å². The van der Waals surface area contributed by atoms with E-state index in [-0.39, 0.29) is 11.3 Å². The lowest BCUT2D eigenvalue weighted by atomic mass is 9.98. The lowest BCUT2D eigenvalue weighted by Gasteiger charge is -2.13. The van der Waals surface area contributed by atoms with E-state index in [2.05, 4.69) is 31.1 Å². The van der Waals surface area contributed by atoms with E-state index < -0.39 is 0 Å². The molecule has 0 fully saturated rings. The van der Waals surface area contributed by atoms with Crippen LogP contribution in [0.5, 0.6) is 5.75 Å². The van der Waals surface area contributed by atoms with Gasteiger partial charge in [0.1, 0.15) is 4.88 Å². The van der Waals surface area contributed by atoms with E-state index in [9.17, 15) is 4.79 Å². The average molecular weight is 325 g/mol. The zero-order valence-corrected chi connectivity index (χ0v) is 13.9. The number of ether oxygens (including phenoxy) is 1. The number of hydrogen-bond donors (Lipinski definition) is 1. The van der Waals surface area contributed by atoms with Crippen LogP contribution in [0.1, 0.15) is 35.5 Å². The molecule has 2 aromatic rings. The standard InChI is InChI=1S/C15H17ClN2O2S/c1-15(2,3)14-17-8-11(21-14)13(19)18-10-7-5-6-9(16)12(10)20-4/h5-8H,1-4H3,(H,18,19). The van der Waals surface area contributed by atoms with Crippen molar-refractivity contribution < 1.29 is 9.53 Å². The predicted molar refractivity (Wildman–Crippen MR) is 86.8 cm³/mol. The van der Waals surface area contributed by atoms with Crippen molar-refractivity contribution in [1.29, 1.82) is 0 Å². The zero-order valence-electron chi connectivity index (χ0n) is 12.4. The van der Waals surface area contributed by atoms with Crippen LogP contribution in [0, 0.1) is 0 Å². The number of carbonyl (C=O) groups excluding carboxylic acids is 1. The first kappa shape index (κ1) is 15.8. The SMILES string of the molecule is COc1c(Cl)cccc1NC(=O)c1cnc(C(C)(C)C)s1. The van der Waals surface area contributed by atoms with E-state index in [0.717, 1.165) is 5.01 Å². The van der Waals surface area contributed by atoms with Crippen molar-refractivity contribution in [3.63, 3.8) is 0 Å². The highest BCUT2D eigenvalue weighted by Gasteiger charge is 2.21. The number of amides is 1. The average Bonchev–Trinajstić information content (AvgIpc) is 2.88. The summed E-state index contributed by atoms with van der Waals surface area (Å²) in [4.78, 5) is 17.2. The minimum atomic E-state index is -0.219. The molecule has 0 unspecified atom stereocenters. The number of thiazole rings is 1. The van der Waals surface area contributed by atoms with Gasteiger partial charge in [-0.05, 0) is 12.1 Å². The Balaban J connectivity index is 2.23. The first-order valence-corrected chi connectivity index (χ1v) is 7.62. The normalized spacial score (nSPS) is 11.3. The summed E-state index contributed by atoms with van der Waals surface area (Å²) in [7, 11) is 1.52. The molecule has 0 aliphatic carbocycles. The smallest absolute Gasteiger partial charge is 0.267 e. The van der Waals surface area contributed by atoms with Gasteiger partial charge in [-0.1, -0.05) is 38.4 Å². The fourth-order valence-electron chi connectivity index (χ4n) is 1.72. The third-order valence-corrected chi connectivity index (χ3v) is 4.51. The molecule has 0 aliphatic heterocycles. The number of carbonyl (C=O) groups is 1. The van der Waals surface area contributed by atoms with Crippen LogP contribution in [0.4, 0.5) is 5.69 Å². The fourth-order valence-corrected chi connectivity index (χ4v) is 2.85. The minimum Gasteiger partial charge on any atom is -0.493 e. The van der Waals surface area contributed by atoms with Crippen molar-refractivity contribution in [2.75, 3.05) is 12.4 Å². The summed E-state index contributed by atoms with van der Waals surface area (Å²) < 4.78 is 5.21. The van der Waals surface area contributed by atoms with Crippen LogP contribution in [-0.4, -0.2) is 18.0 Å². The maximum absolute atomic E-state index is 12.3. The highest BCUT2D eigenvalue weighted by Crippen LogP contribution is 2.33. The molecule has 21 heavy (non-hydrogen) atoms. The number of para-hydroxylation sites is 1. The van der Waals surface area contributed by atoms with Crippen molar-refractivity contribution >= 4 is 34.5 Å². The highest BCUT2D eigenvalue weighted by atomic mass is 35.5. The number of nitrogens with one attached hydrogen (secondary N) is 1. The second-order valence-corrected chi connectivity index (χ2v) is 6.99. The van der Waals surface area contributed by atoms with E-state index in [1.165, 1.54) is 18.4 Å². The molecule has 0 saturated heterocycles. The second-order valence-electron chi connectivity index (χ2n) is 5.55. The topological polar surface area (TPSA) is 51.2 Å². The number of methoxy groups -OCH3 is 1. The van der Waals surface area contributed by atoms with E-state index in [0.29, 0.717) is 21.3 Å². The molecule has 1 heterocycles. The molecule has 0 saturated carbocycles. The summed E-state index contributed by atoms with van der Waals surface area (Å²) in [5.41, 5.74) is 0.470. The Morgan fingerprint density at radius 2 is 2.10 bits per heavy atom. The van der Waals surface area contributed by atoms with Crippen molar-refractivity contribution in [2.24, 2.45) is 0 Å². The van der Waals surface area contributed by atoms with E-state index >= 15 is 0 Å². The third-order valence-electron chi connectivity index (χ3n) is 2.79. The van der Waals surface area contributed by atoms with Crippen LogP contribution in [0.2, 0.25) is 5.02 Å². The summed E-state index contributed by atoms with van der Waals surface area (Å²) in [6.45, 7) is 6.19. The summed E-state index contributed by atoms with van der Waals surface area (Å²) in [6, 6.07) is 5.21. The number of rotatable bonds is 3. The quantitative estimate of drug-likeness (QED) is 0.912. The van der Waals surface area contributed by atoms with E-state index in [1.54, 1.807) is 24.4 Å². The first-order valence-electron chi connectivity index (χ1n) is 6.43. The Hall–Kier alpha value is -1.59. The molecule has 0 atom stereocenters. The maximum Gasteiger partial charge on any atom is 0.267 e. The van der Waals surface area contributed by atoms with Gasteiger partial charge in [-0.2, -0.15) is 0 Å². The van der Waals surface area contributed by atoms with Gasteiger partial charge >= 0.3 is 0 Å². The van der Waals surface area contributed by atoms with Crippen LogP contribution >= 0.6 is 22.9 Å². The third kappa shape index (κ3) is 3.54. The molecule has 0 aliphatic rings. The Bertz CT molecular complexity index is 662. The van der Waals surface area contributed by atoms with Crippen LogP contribution < -0.4 is 10.1 Å². The molecule has 0 bridgehead atoms. The Labute approximate surface area is 133 Å². The van der Waals surface area contributed by atoms with Gasteiger partial charge in [0.25, 0.3) is 5.91 Å². The van der Waals surface area contributed by atoms with Gasteiger partial charge in [-0.25, -0.2) is 4.98 Å². The summed E-state index contributed by atoms with van der Waals surface area (Å²) >= 11 is 7.42. The lowest BCUT2D eigenvalue weighted by Crippen LogP contribution is -2.11. The first-order chi connectivity index (χ1) is 9.82. The van der Waals surface area contributed by atoms with Gasteiger partial charge < -0.3 is 10.1 Å². The predicted octanol–water partition coefficient (Wildman–Crippen LogP) is 4.35. The van der Waals surface area contributed by atoms with Crippen LogP contribution in [0.3, 0.4) is 0 Å². The van der Waals surface area contributed by atoms with Crippen molar-refractivity contribution in [3.8, 4) is 5.75 Å². The van der Waals surface area contributed by atoms with Gasteiger partial charge in [0.15, 0.2) is 5.75 Å². The fraction of sp³-hybridized carbons (Fsp3) is 0.333. The zero-order chi connectivity index (χ0) is 15.6. The summed E-state index contributed by atoms with van der Waals surface area (Å²) in [5.74, 6) is 0.233. The molecule has 1 aromatic heterocycles. The number of anilines is 1. The van der Waals surface area contributed by atoms with Crippen molar-refractivity contribution in [2.45, 2.75) is 26.2 Å². The number of nitrogens with zero attached hydrogens (tertiary/aromatic N) is 1.